The maximum Gasteiger partial charge on any atom is 0.143 e. The summed E-state index contributed by atoms with van der Waals surface area (Å²) in [6.07, 6.45) is 0. The molecule has 0 bridgehead atoms. The van der Waals surface area contributed by atoms with E-state index in [1.54, 1.807) is 0 Å². The number of anilines is 3. The second-order valence-corrected chi connectivity index (χ2v) is 22.7. The second kappa shape index (κ2) is 20.0. The zero-order chi connectivity index (χ0) is 56.7. The highest BCUT2D eigenvalue weighted by molar-refractivity contribution is 6.11. The fourth-order valence-corrected chi connectivity index (χ4v) is 14.2. The standard InChI is InChI=1S/C83H54N2O/c1-4-18-55(19-5-1)57-36-43-63(44-37-57)83(64-45-38-59(39-46-64)70-28-17-30-76-74-26-12-15-33-80(74)86-82(70)76)77-31-13-10-24-71(77)75-29-16-27-69(81(75)83)62-35-34-61-53-67(49-42-60(61)52-62)84(66-47-40-58(41-48-66)56-20-6-2-7-21-56)68-50-51-73-72-25-11-14-32-78(72)85(79(73)54-68)65-22-8-3-9-23-65/h1-54H. The Balaban J connectivity index is 0.823. The quantitative estimate of drug-likeness (QED) is 0.136. The first-order chi connectivity index (χ1) is 42.6. The predicted molar refractivity (Wildman–Crippen MR) is 359 cm³/mol. The van der Waals surface area contributed by atoms with Gasteiger partial charge in [-0.05, 0) is 150 Å². The Morgan fingerprint density at radius 3 is 1.55 bits per heavy atom. The van der Waals surface area contributed by atoms with Crippen LogP contribution in [0.2, 0.25) is 0 Å². The molecule has 86 heavy (non-hydrogen) atoms. The molecule has 1 unspecified atom stereocenters. The van der Waals surface area contributed by atoms with Crippen molar-refractivity contribution in [3.8, 4) is 61.3 Å². The third kappa shape index (κ3) is 7.82. The molecule has 0 N–H and O–H groups in total. The SMILES string of the molecule is c1ccc(-c2ccc(N(c3ccc4cc(-c5cccc6c5C(c5ccc(-c7ccccc7)cc5)(c5ccc(-c7cccc8c7oc7ccccc78)cc5)c5ccccc5-6)ccc4c3)c3ccc4c5ccccc5n(-c5ccccc5)c4c3)cc2)cc1. The number of aromatic nitrogens is 1. The molecule has 0 aliphatic heterocycles. The number of hydrogen-bond donors (Lipinski definition) is 0. The van der Waals surface area contributed by atoms with Gasteiger partial charge >= 0.3 is 0 Å². The van der Waals surface area contributed by atoms with E-state index in [9.17, 15) is 0 Å². The summed E-state index contributed by atoms with van der Waals surface area (Å²) in [4.78, 5) is 2.41. The molecular weight excluding hydrogens is 1040 g/mol. The van der Waals surface area contributed by atoms with Crippen LogP contribution in [0.3, 0.4) is 0 Å². The van der Waals surface area contributed by atoms with E-state index in [-0.39, 0.29) is 0 Å². The molecule has 16 aromatic rings. The number of nitrogens with zero attached hydrogens (tertiary/aromatic N) is 2. The Morgan fingerprint density at radius 2 is 0.791 bits per heavy atom. The van der Waals surface area contributed by atoms with Gasteiger partial charge in [-0.2, -0.15) is 0 Å². The van der Waals surface area contributed by atoms with Crippen molar-refractivity contribution in [1.29, 1.82) is 0 Å². The van der Waals surface area contributed by atoms with Crippen LogP contribution < -0.4 is 4.90 Å². The lowest BCUT2D eigenvalue weighted by Crippen LogP contribution is -2.29. The molecule has 17 rings (SSSR count). The first-order valence-electron chi connectivity index (χ1n) is 29.6. The fourth-order valence-electron chi connectivity index (χ4n) is 14.2. The smallest absolute Gasteiger partial charge is 0.143 e. The lowest BCUT2D eigenvalue weighted by Gasteiger charge is -2.35. The molecule has 0 fully saturated rings. The van der Waals surface area contributed by atoms with Gasteiger partial charge < -0.3 is 13.9 Å². The Hall–Kier alpha value is -11.3. The zero-order valence-electron chi connectivity index (χ0n) is 47.0. The van der Waals surface area contributed by atoms with E-state index in [4.69, 9.17) is 4.42 Å². The van der Waals surface area contributed by atoms with E-state index >= 15 is 0 Å². The number of rotatable bonds is 10. The maximum atomic E-state index is 6.61. The molecule has 14 aromatic carbocycles. The Kier molecular flexibility index (Phi) is 11.5. The van der Waals surface area contributed by atoms with Crippen LogP contribution >= 0.6 is 0 Å². The molecule has 3 heteroatoms. The minimum atomic E-state index is -0.676. The van der Waals surface area contributed by atoms with Crippen LogP contribution in [0.1, 0.15) is 22.3 Å². The summed E-state index contributed by atoms with van der Waals surface area (Å²) < 4.78 is 9.01. The van der Waals surface area contributed by atoms with Gasteiger partial charge in [0.2, 0.25) is 0 Å². The number of fused-ring (bicyclic) bond motifs is 10. The van der Waals surface area contributed by atoms with Gasteiger partial charge in [-0.3, -0.25) is 0 Å². The number of benzene rings is 14. The molecule has 2 aromatic heterocycles. The average Bonchev–Trinajstić information content (AvgIpc) is 1.59. The van der Waals surface area contributed by atoms with Crippen LogP contribution in [0.15, 0.2) is 332 Å². The number of hydrogen-bond acceptors (Lipinski definition) is 2. The molecule has 0 amide bonds. The Morgan fingerprint density at radius 1 is 0.291 bits per heavy atom. The molecule has 0 spiro atoms. The van der Waals surface area contributed by atoms with E-state index in [1.807, 2.05) is 6.07 Å². The van der Waals surface area contributed by atoms with Crippen LogP contribution in [-0.4, -0.2) is 4.57 Å². The third-order valence-electron chi connectivity index (χ3n) is 18.1. The molecule has 1 aliphatic carbocycles. The molecular formula is C83H54N2O. The van der Waals surface area contributed by atoms with Gasteiger partial charge in [0.15, 0.2) is 0 Å². The van der Waals surface area contributed by atoms with E-state index < -0.39 is 5.41 Å². The molecule has 0 saturated carbocycles. The van der Waals surface area contributed by atoms with E-state index in [0.29, 0.717) is 0 Å². The molecule has 2 heterocycles. The van der Waals surface area contributed by atoms with E-state index in [1.165, 1.54) is 88.4 Å². The summed E-state index contributed by atoms with van der Waals surface area (Å²) in [6, 6.07) is 120. The van der Waals surface area contributed by atoms with E-state index in [2.05, 4.69) is 331 Å². The lowest BCUT2D eigenvalue weighted by molar-refractivity contribution is 0.670. The summed E-state index contributed by atoms with van der Waals surface area (Å²) in [5, 5.41) is 7.03. The minimum absolute atomic E-state index is 0.676. The Labute approximate surface area is 499 Å². The number of para-hydroxylation sites is 4. The van der Waals surface area contributed by atoms with Gasteiger partial charge in [0, 0.05) is 49.9 Å². The highest BCUT2D eigenvalue weighted by atomic mass is 16.3. The first kappa shape index (κ1) is 49.4. The van der Waals surface area contributed by atoms with Crippen LogP contribution in [-0.2, 0) is 5.41 Å². The van der Waals surface area contributed by atoms with Crippen molar-refractivity contribution < 1.29 is 4.42 Å². The largest absolute Gasteiger partial charge is 0.455 e. The van der Waals surface area contributed by atoms with Crippen molar-refractivity contribution >= 4 is 71.6 Å². The number of furan rings is 1. The van der Waals surface area contributed by atoms with Crippen molar-refractivity contribution in [3.63, 3.8) is 0 Å². The summed E-state index contributed by atoms with van der Waals surface area (Å²) in [6.45, 7) is 0. The topological polar surface area (TPSA) is 21.3 Å². The second-order valence-electron chi connectivity index (χ2n) is 22.7. The predicted octanol–water partition coefficient (Wildman–Crippen LogP) is 22.3. The van der Waals surface area contributed by atoms with Gasteiger partial charge in [-0.25, -0.2) is 0 Å². The molecule has 1 aliphatic rings. The normalized spacial score (nSPS) is 13.6. The lowest BCUT2D eigenvalue weighted by atomic mass is 9.65. The van der Waals surface area contributed by atoms with Gasteiger partial charge in [0.25, 0.3) is 0 Å². The molecule has 1 atom stereocenters. The van der Waals surface area contributed by atoms with Gasteiger partial charge in [-0.1, -0.05) is 261 Å². The maximum absolute atomic E-state index is 6.61. The monoisotopic (exact) mass is 1090 g/mol. The van der Waals surface area contributed by atoms with Crippen molar-refractivity contribution in [2.45, 2.75) is 5.41 Å². The molecule has 402 valence electrons. The van der Waals surface area contributed by atoms with Gasteiger partial charge in [0.05, 0.1) is 16.4 Å². The summed E-state index contributed by atoms with van der Waals surface area (Å²) in [5.74, 6) is 0. The van der Waals surface area contributed by atoms with Crippen molar-refractivity contribution in [1.82, 2.24) is 4.57 Å². The highest BCUT2D eigenvalue weighted by Gasteiger charge is 2.47. The average molecular weight is 1100 g/mol. The minimum Gasteiger partial charge on any atom is -0.455 e. The van der Waals surface area contributed by atoms with Crippen molar-refractivity contribution in [2.75, 3.05) is 4.90 Å². The summed E-state index contributed by atoms with van der Waals surface area (Å²) in [5.41, 5.74) is 24.6. The molecule has 0 saturated heterocycles. The van der Waals surface area contributed by atoms with Crippen LogP contribution in [0, 0.1) is 0 Å². The van der Waals surface area contributed by atoms with Crippen LogP contribution in [0.5, 0.6) is 0 Å². The van der Waals surface area contributed by atoms with E-state index in [0.717, 1.165) is 66.7 Å². The fraction of sp³-hybridized carbons (Fsp3) is 0.0120. The zero-order valence-corrected chi connectivity index (χ0v) is 47.0. The van der Waals surface area contributed by atoms with Gasteiger partial charge in [-0.15, -0.1) is 0 Å². The summed E-state index contributed by atoms with van der Waals surface area (Å²) >= 11 is 0. The molecule has 3 nitrogen and oxygen atoms in total. The molecule has 0 radical (unpaired) electrons. The summed E-state index contributed by atoms with van der Waals surface area (Å²) in [7, 11) is 0. The van der Waals surface area contributed by atoms with Gasteiger partial charge in [0.1, 0.15) is 11.2 Å². The van der Waals surface area contributed by atoms with Crippen LogP contribution in [0.25, 0.3) is 116 Å². The van der Waals surface area contributed by atoms with Crippen molar-refractivity contribution in [2.24, 2.45) is 0 Å². The Bertz CT molecular complexity index is 5260. The first-order valence-corrected chi connectivity index (χ1v) is 29.6. The highest BCUT2D eigenvalue weighted by Crippen LogP contribution is 2.59. The van der Waals surface area contributed by atoms with Crippen LogP contribution in [0.4, 0.5) is 17.1 Å². The van der Waals surface area contributed by atoms with Crippen molar-refractivity contribution in [3.05, 3.63) is 350 Å². The third-order valence-corrected chi connectivity index (χ3v) is 18.1.